The summed E-state index contributed by atoms with van der Waals surface area (Å²) in [6.45, 7) is 12.7. The second kappa shape index (κ2) is 13.0. The van der Waals surface area contributed by atoms with Crippen LogP contribution in [0.3, 0.4) is 0 Å². The second-order valence-electron chi connectivity index (χ2n) is 17.0. The van der Waals surface area contributed by atoms with Crippen molar-refractivity contribution in [3.05, 3.63) is 100 Å². The number of hydrogen-bond acceptors (Lipinski definition) is 6. The SMILES string of the molecule is Cc1cccc(C(=O)N([C@@H](COc2cc(-c3c(C)cccc3C)nc(C)n2)CC(C)C)C23CC(C2)C3c2nc(N(C)C3CC4(CC4)C3)ccc2F)c1.[HH]. The fourth-order valence-corrected chi connectivity index (χ4v) is 9.71. The highest BCUT2D eigenvalue weighted by Crippen LogP contribution is 2.70. The van der Waals surface area contributed by atoms with Gasteiger partial charge in [-0.05, 0) is 125 Å². The van der Waals surface area contributed by atoms with E-state index in [9.17, 15) is 4.79 Å². The van der Waals surface area contributed by atoms with Gasteiger partial charge < -0.3 is 14.5 Å². The molecule has 2 aromatic heterocycles. The normalized spacial score (nSPS) is 23.0. The molecule has 0 N–H and O–H groups in total. The van der Waals surface area contributed by atoms with Crippen molar-refractivity contribution in [2.45, 2.75) is 110 Å². The Morgan fingerprint density at radius 3 is 2.29 bits per heavy atom. The zero-order chi connectivity index (χ0) is 36.5. The van der Waals surface area contributed by atoms with Gasteiger partial charge in [0.05, 0.1) is 23.0 Å². The van der Waals surface area contributed by atoms with Crippen LogP contribution in [0.2, 0.25) is 0 Å². The van der Waals surface area contributed by atoms with E-state index < -0.39 is 5.54 Å². The highest BCUT2D eigenvalue weighted by atomic mass is 19.1. The van der Waals surface area contributed by atoms with Crippen LogP contribution in [-0.4, -0.2) is 57.0 Å². The van der Waals surface area contributed by atoms with Gasteiger partial charge >= 0.3 is 0 Å². The molecule has 2 aromatic carbocycles. The number of aryl methyl sites for hydroxylation is 4. The molecule has 0 saturated heterocycles. The predicted octanol–water partition coefficient (Wildman–Crippen LogP) is 9.42. The van der Waals surface area contributed by atoms with Crippen molar-refractivity contribution in [1.29, 1.82) is 0 Å². The van der Waals surface area contributed by atoms with E-state index in [1.807, 2.05) is 50.2 Å². The maximum atomic E-state index is 16.0. The van der Waals surface area contributed by atoms with Crippen molar-refractivity contribution in [1.82, 2.24) is 19.9 Å². The van der Waals surface area contributed by atoms with Gasteiger partial charge in [-0.2, -0.15) is 4.98 Å². The van der Waals surface area contributed by atoms with E-state index in [-0.39, 0.29) is 37.6 Å². The topological polar surface area (TPSA) is 71.5 Å². The predicted molar refractivity (Wildman–Crippen MR) is 205 cm³/mol. The molecule has 2 bridgehead atoms. The molecule has 7 nitrogen and oxygen atoms in total. The van der Waals surface area contributed by atoms with Crippen molar-refractivity contribution in [3.8, 4) is 17.1 Å². The van der Waals surface area contributed by atoms with Crippen LogP contribution in [0.25, 0.3) is 11.3 Å². The highest BCUT2D eigenvalue weighted by molar-refractivity contribution is 5.95. The Labute approximate surface area is 309 Å². The second-order valence-corrected chi connectivity index (χ2v) is 17.0. The maximum absolute atomic E-state index is 16.0. The minimum Gasteiger partial charge on any atom is -0.475 e. The van der Waals surface area contributed by atoms with Gasteiger partial charge in [-0.3, -0.25) is 4.79 Å². The lowest BCUT2D eigenvalue weighted by Crippen LogP contribution is -2.77. The summed E-state index contributed by atoms with van der Waals surface area (Å²) in [6.07, 6.45) is 7.46. The number of hydrogen-bond donors (Lipinski definition) is 0. The molecule has 5 aliphatic rings. The fourth-order valence-electron chi connectivity index (χ4n) is 9.71. The van der Waals surface area contributed by atoms with Crippen molar-refractivity contribution in [2.75, 3.05) is 18.6 Å². The molecule has 8 heteroatoms. The number of nitrogens with zero attached hydrogens (tertiary/aromatic N) is 5. The average Bonchev–Trinajstić information content (AvgIpc) is 3.86. The summed E-state index contributed by atoms with van der Waals surface area (Å²) in [6, 6.07) is 19.6. The molecule has 0 radical (unpaired) electrons. The van der Waals surface area contributed by atoms with Crippen LogP contribution in [0.1, 0.15) is 105 Å². The monoisotopic (exact) mass is 703 g/mol. The fraction of sp³-hybridized carbons (Fsp3) is 0.500. The van der Waals surface area contributed by atoms with E-state index in [4.69, 9.17) is 14.7 Å². The van der Waals surface area contributed by atoms with Crippen molar-refractivity contribution < 1.29 is 15.3 Å². The number of rotatable bonds is 12. The summed E-state index contributed by atoms with van der Waals surface area (Å²) in [7, 11) is 2.10. The molecule has 5 saturated carbocycles. The molecule has 2 heterocycles. The summed E-state index contributed by atoms with van der Waals surface area (Å²) in [5.74, 6) is 2.04. The van der Waals surface area contributed by atoms with Crippen LogP contribution in [0.5, 0.6) is 5.88 Å². The van der Waals surface area contributed by atoms with E-state index in [1.54, 1.807) is 6.07 Å². The van der Waals surface area contributed by atoms with Gasteiger partial charge in [-0.1, -0.05) is 49.7 Å². The molecule has 52 heavy (non-hydrogen) atoms. The first-order valence-electron chi connectivity index (χ1n) is 19.2. The molecule has 0 aliphatic heterocycles. The molecular formula is C44H54FN5O2. The Kier molecular flexibility index (Phi) is 8.66. The maximum Gasteiger partial charge on any atom is 0.254 e. The van der Waals surface area contributed by atoms with Gasteiger partial charge in [-0.25, -0.2) is 14.4 Å². The molecule has 1 spiro atoms. The van der Waals surface area contributed by atoms with Crippen LogP contribution in [0.4, 0.5) is 10.2 Å². The largest absolute Gasteiger partial charge is 0.475 e. The third-order valence-electron chi connectivity index (χ3n) is 12.7. The van der Waals surface area contributed by atoms with Gasteiger partial charge in [0.25, 0.3) is 5.91 Å². The van der Waals surface area contributed by atoms with Crippen molar-refractivity contribution >= 4 is 11.7 Å². The molecular weight excluding hydrogens is 650 g/mol. The Bertz CT molecular complexity index is 2000. The first-order chi connectivity index (χ1) is 24.9. The molecule has 1 amide bonds. The Morgan fingerprint density at radius 1 is 0.942 bits per heavy atom. The Balaban J connectivity index is 0.00000435. The first-order valence-corrected chi connectivity index (χ1v) is 19.2. The van der Waals surface area contributed by atoms with Gasteiger partial charge in [0, 0.05) is 37.6 Å². The van der Waals surface area contributed by atoms with E-state index >= 15 is 4.39 Å². The van der Waals surface area contributed by atoms with Crippen LogP contribution < -0.4 is 9.64 Å². The van der Waals surface area contributed by atoms with Crippen LogP contribution >= 0.6 is 0 Å². The van der Waals surface area contributed by atoms with Gasteiger partial charge in [0.2, 0.25) is 5.88 Å². The molecule has 274 valence electrons. The number of halogens is 1. The lowest BCUT2D eigenvalue weighted by atomic mass is 9.40. The number of anilines is 1. The number of ether oxygens (including phenoxy) is 1. The van der Waals surface area contributed by atoms with E-state index in [2.05, 4.69) is 67.7 Å². The standard InChI is InChI=1S/C44H52FN5O2.H2/c1-26(2)18-33(25-52-38-20-36(46-30(6)47-38)39-28(4)11-9-12-29(39)5)50(42(51)31-13-8-10-27(3)19-31)44-21-32(22-44)40(44)41-35(45)14-15-37(48-41)49(7)34-23-43(24-34)16-17-43;/h8-15,19-20,26,32-34,40H,16-18,21-25H2,1-7H3;1H/t32?,33-,40?,44?;/m1./s1. The Morgan fingerprint density at radius 2 is 1.65 bits per heavy atom. The lowest BCUT2D eigenvalue weighted by molar-refractivity contribution is -0.172. The number of pyridine rings is 1. The minimum absolute atomic E-state index is 0. The van der Waals surface area contributed by atoms with Gasteiger partial charge in [-0.15, -0.1) is 0 Å². The molecule has 4 aromatic rings. The zero-order valence-electron chi connectivity index (χ0n) is 31.7. The summed E-state index contributed by atoms with van der Waals surface area (Å²) in [4.78, 5) is 33.8. The molecule has 9 rings (SSSR count). The van der Waals surface area contributed by atoms with E-state index in [1.165, 1.54) is 25.7 Å². The summed E-state index contributed by atoms with van der Waals surface area (Å²) in [5, 5.41) is 0. The van der Waals surface area contributed by atoms with Gasteiger partial charge in [0.15, 0.2) is 0 Å². The van der Waals surface area contributed by atoms with Crippen molar-refractivity contribution in [3.63, 3.8) is 0 Å². The quantitative estimate of drug-likeness (QED) is 0.146. The molecule has 5 fully saturated rings. The highest BCUT2D eigenvalue weighted by Gasteiger charge is 2.71. The smallest absolute Gasteiger partial charge is 0.254 e. The summed E-state index contributed by atoms with van der Waals surface area (Å²) < 4.78 is 22.6. The van der Waals surface area contributed by atoms with Gasteiger partial charge in [0.1, 0.15) is 24.1 Å². The summed E-state index contributed by atoms with van der Waals surface area (Å²) >= 11 is 0. The average molecular weight is 704 g/mol. The Hall–Kier alpha value is -4.33. The number of amides is 1. The zero-order valence-corrected chi connectivity index (χ0v) is 31.7. The van der Waals surface area contributed by atoms with Crippen molar-refractivity contribution in [2.24, 2.45) is 17.3 Å². The third kappa shape index (κ3) is 6.06. The minimum atomic E-state index is -0.543. The number of carbonyl (C=O) groups excluding carboxylic acids is 1. The lowest BCUT2D eigenvalue weighted by Gasteiger charge is -2.72. The number of carbonyl (C=O) groups is 1. The molecule has 1 unspecified atom stereocenters. The summed E-state index contributed by atoms with van der Waals surface area (Å²) in [5.41, 5.74) is 6.39. The molecule has 2 atom stereocenters. The van der Waals surface area contributed by atoms with Crippen LogP contribution in [0.15, 0.2) is 60.7 Å². The number of benzene rings is 2. The van der Waals surface area contributed by atoms with E-state index in [0.717, 1.165) is 53.0 Å². The van der Waals surface area contributed by atoms with E-state index in [0.29, 0.717) is 40.3 Å². The number of aromatic nitrogens is 3. The molecule has 5 aliphatic carbocycles. The van der Waals surface area contributed by atoms with Crippen LogP contribution in [0, 0.1) is 50.8 Å². The van der Waals surface area contributed by atoms with Crippen LogP contribution in [-0.2, 0) is 0 Å². The first kappa shape index (κ1) is 34.7. The third-order valence-corrected chi connectivity index (χ3v) is 12.7.